The third-order valence-corrected chi connectivity index (χ3v) is 4.90. The highest BCUT2D eigenvalue weighted by atomic mass is 16.5. The number of rotatable bonds is 6. The Bertz CT molecular complexity index is 660. The van der Waals surface area contributed by atoms with E-state index in [0.717, 1.165) is 44.2 Å². The SMILES string of the molecule is CCn1ccnc1CNCC1CCOC1c1c(C)nn(C)c1C. The Labute approximate surface area is 137 Å². The molecule has 2 aromatic rings. The second kappa shape index (κ2) is 6.84. The van der Waals surface area contributed by atoms with Crippen LogP contribution in [0.4, 0.5) is 0 Å². The molecule has 2 atom stereocenters. The quantitative estimate of drug-likeness (QED) is 0.887. The van der Waals surface area contributed by atoms with Gasteiger partial charge in [-0.1, -0.05) is 0 Å². The molecule has 2 aromatic heterocycles. The average Bonchev–Trinajstić information content (AvgIpc) is 3.21. The minimum absolute atomic E-state index is 0.155. The van der Waals surface area contributed by atoms with Crippen molar-refractivity contribution < 1.29 is 4.74 Å². The highest BCUT2D eigenvalue weighted by Crippen LogP contribution is 2.37. The van der Waals surface area contributed by atoms with E-state index in [1.54, 1.807) is 0 Å². The van der Waals surface area contributed by atoms with Crippen LogP contribution in [0, 0.1) is 19.8 Å². The number of nitrogens with zero attached hydrogens (tertiary/aromatic N) is 4. The first-order chi connectivity index (χ1) is 11.1. The Kier molecular flexibility index (Phi) is 4.82. The van der Waals surface area contributed by atoms with E-state index in [2.05, 4.69) is 40.7 Å². The lowest BCUT2D eigenvalue weighted by atomic mass is 9.94. The third-order valence-electron chi connectivity index (χ3n) is 4.90. The zero-order chi connectivity index (χ0) is 16.4. The van der Waals surface area contributed by atoms with Crippen LogP contribution in [0.1, 0.15) is 42.2 Å². The molecule has 1 N–H and O–H groups in total. The standard InChI is InChI=1S/C17H27N5O/c1-5-22-8-7-19-15(22)11-18-10-14-6-9-23-17(14)16-12(2)20-21(4)13(16)3/h7-8,14,17-18H,5-6,9-11H2,1-4H3. The van der Waals surface area contributed by atoms with E-state index >= 15 is 0 Å². The molecule has 2 unspecified atom stereocenters. The molecule has 6 nitrogen and oxygen atoms in total. The summed E-state index contributed by atoms with van der Waals surface area (Å²) in [6, 6.07) is 0. The van der Waals surface area contributed by atoms with Gasteiger partial charge >= 0.3 is 0 Å². The minimum Gasteiger partial charge on any atom is -0.373 e. The van der Waals surface area contributed by atoms with Crippen molar-refractivity contribution in [3.63, 3.8) is 0 Å². The normalized spacial score (nSPS) is 21.2. The molecule has 0 radical (unpaired) electrons. The van der Waals surface area contributed by atoms with Gasteiger partial charge in [0, 0.05) is 56.3 Å². The van der Waals surface area contributed by atoms with Crippen molar-refractivity contribution in [2.24, 2.45) is 13.0 Å². The van der Waals surface area contributed by atoms with Crippen molar-refractivity contribution in [2.45, 2.75) is 46.4 Å². The van der Waals surface area contributed by atoms with E-state index in [9.17, 15) is 0 Å². The molecule has 0 aliphatic carbocycles. The summed E-state index contributed by atoms with van der Waals surface area (Å²) in [5.74, 6) is 1.58. The molecule has 0 aromatic carbocycles. The summed E-state index contributed by atoms with van der Waals surface area (Å²) in [7, 11) is 2.00. The first-order valence-electron chi connectivity index (χ1n) is 8.44. The lowest BCUT2D eigenvalue weighted by molar-refractivity contribution is 0.0893. The van der Waals surface area contributed by atoms with Crippen LogP contribution in [0.15, 0.2) is 12.4 Å². The Morgan fingerprint density at radius 2 is 2.22 bits per heavy atom. The van der Waals surface area contributed by atoms with Gasteiger partial charge in [0.1, 0.15) is 5.82 Å². The molecule has 0 spiro atoms. The maximum absolute atomic E-state index is 6.05. The van der Waals surface area contributed by atoms with Crippen molar-refractivity contribution in [3.05, 3.63) is 35.2 Å². The van der Waals surface area contributed by atoms with Gasteiger partial charge in [-0.05, 0) is 27.2 Å². The predicted molar refractivity (Wildman–Crippen MR) is 89.1 cm³/mol. The Morgan fingerprint density at radius 1 is 1.39 bits per heavy atom. The Balaban J connectivity index is 1.63. The summed E-state index contributed by atoms with van der Waals surface area (Å²) in [5.41, 5.74) is 3.57. The van der Waals surface area contributed by atoms with Crippen LogP contribution in [-0.2, 0) is 24.9 Å². The van der Waals surface area contributed by atoms with Crippen LogP contribution in [0.3, 0.4) is 0 Å². The molecule has 6 heteroatoms. The lowest BCUT2D eigenvalue weighted by Gasteiger charge is -2.20. The van der Waals surface area contributed by atoms with Gasteiger partial charge in [-0.3, -0.25) is 4.68 Å². The summed E-state index contributed by atoms with van der Waals surface area (Å²) in [4.78, 5) is 4.42. The first kappa shape index (κ1) is 16.2. The van der Waals surface area contributed by atoms with E-state index in [1.807, 2.05) is 24.1 Å². The average molecular weight is 317 g/mol. The fourth-order valence-electron chi connectivity index (χ4n) is 3.53. The largest absolute Gasteiger partial charge is 0.373 e. The Morgan fingerprint density at radius 3 is 2.91 bits per heavy atom. The zero-order valence-corrected chi connectivity index (χ0v) is 14.5. The van der Waals surface area contributed by atoms with Gasteiger partial charge < -0.3 is 14.6 Å². The van der Waals surface area contributed by atoms with E-state index < -0.39 is 0 Å². The third kappa shape index (κ3) is 3.19. The van der Waals surface area contributed by atoms with Gasteiger partial charge in [0.15, 0.2) is 0 Å². The predicted octanol–water partition coefficient (Wildman–Crippen LogP) is 2.12. The minimum atomic E-state index is 0.155. The maximum atomic E-state index is 6.05. The lowest BCUT2D eigenvalue weighted by Crippen LogP contribution is -2.26. The van der Waals surface area contributed by atoms with Gasteiger partial charge in [0.2, 0.25) is 0 Å². The van der Waals surface area contributed by atoms with Crippen molar-refractivity contribution in [3.8, 4) is 0 Å². The van der Waals surface area contributed by atoms with Gasteiger partial charge in [0.05, 0.1) is 18.3 Å². The molecule has 3 heterocycles. The van der Waals surface area contributed by atoms with Crippen LogP contribution in [-0.4, -0.2) is 32.5 Å². The summed E-state index contributed by atoms with van der Waals surface area (Å²) >= 11 is 0. The molecule has 0 saturated carbocycles. The van der Waals surface area contributed by atoms with Crippen LogP contribution >= 0.6 is 0 Å². The fraction of sp³-hybridized carbons (Fsp3) is 0.647. The summed E-state index contributed by atoms with van der Waals surface area (Å²) < 4.78 is 10.2. The molecule has 1 aliphatic rings. The smallest absolute Gasteiger partial charge is 0.122 e. The van der Waals surface area contributed by atoms with Crippen molar-refractivity contribution in [1.29, 1.82) is 0 Å². The van der Waals surface area contributed by atoms with Crippen molar-refractivity contribution >= 4 is 0 Å². The molecular formula is C17H27N5O. The summed E-state index contributed by atoms with van der Waals surface area (Å²) in [6.07, 6.45) is 5.14. The monoisotopic (exact) mass is 317 g/mol. The number of hydrogen-bond acceptors (Lipinski definition) is 4. The second-order valence-electron chi connectivity index (χ2n) is 6.31. The van der Waals surface area contributed by atoms with E-state index in [-0.39, 0.29) is 6.10 Å². The molecular weight excluding hydrogens is 290 g/mol. The van der Waals surface area contributed by atoms with Crippen LogP contribution in [0.2, 0.25) is 0 Å². The highest BCUT2D eigenvalue weighted by Gasteiger charge is 2.33. The molecule has 3 rings (SSSR count). The molecule has 126 valence electrons. The second-order valence-corrected chi connectivity index (χ2v) is 6.31. The molecule has 1 fully saturated rings. The maximum Gasteiger partial charge on any atom is 0.122 e. The fourth-order valence-corrected chi connectivity index (χ4v) is 3.53. The number of aryl methyl sites for hydroxylation is 3. The van der Waals surface area contributed by atoms with Crippen LogP contribution in [0.5, 0.6) is 0 Å². The number of hydrogen-bond donors (Lipinski definition) is 1. The number of nitrogens with one attached hydrogen (secondary N) is 1. The van der Waals surface area contributed by atoms with Crippen molar-refractivity contribution in [2.75, 3.05) is 13.2 Å². The summed E-state index contributed by atoms with van der Waals surface area (Å²) in [6.45, 7) is 9.87. The first-order valence-corrected chi connectivity index (χ1v) is 8.44. The van der Waals surface area contributed by atoms with E-state index in [4.69, 9.17) is 4.74 Å². The van der Waals surface area contributed by atoms with Gasteiger partial charge in [-0.15, -0.1) is 0 Å². The molecule has 0 amide bonds. The number of aromatic nitrogens is 4. The molecule has 1 saturated heterocycles. The zero-order valence-electron chi connectivity index (χ0n) is 14.5. The topological polar surface area (TPSA) is 56.9 Å². The van der Waals surface area contributed by atoms with Crippen LogP contribution < -0.4 is 5.32 Å². The van der Waals surface area contributed by atoms with E-state index in [0.29, 0.717) is 5.92 Å². The van der Waals surface area contributed by atoms with Crippen LogP contribution in [0.25, 0.3) is 0 Å². The molecule has 23 heavy (non-hydrogen) atoms. The van der Waals surface area contributed by atoms with Crippen molar-refractivity contribution in [1.82, 2.24) is 24.6 Å². The van der Waals surface area contributed by atoms with E-state index in [1.165, 1.54) is 11.3 Å². The molecule has 0 bridgehead atoms. The number of ether oxygens (including phenoxy) is 1. The van der Waals surface area contributed by atoms with Gasteiger partial charge in [0.25, 0.3) is 0 Å². The molecule has 1 aliphatic heterocycles. The number of imidazole rings is 1. The highest BCUT2D eigenvalue weighted by molar-refractivity contribution is 5.28. The Hall–Kier alpha value is -1.66. The van der Waals surface area contributed by atoms with Gasteiger partial charge in [-0.25, -0.2) is 4.98 Å². The van der Waals surface area contributed by atoms with Gasteiger partial charge in [-0.2, -0.15) is 5.10 Å². The summed E-state index contributed by atoms with van der Waals surface area (Å²) in [5, 5.41) is 8.10.